The quantitative estimate of drug-likeness (QED) is 0.508. The number of aliphatic hydroxyl groups excluding tert-OH is 1. The predicted octanol–water partition coefficient (Wildman–Crippen LogP) is 3.77. The number of nitrogens with one attached hydrogen (secondary N) is 2. The van der Waals surface area contributed by atoms with E-state index in [-0.39, 0.29) is 11.7 Å². The maximum Gasteiger partial charge on any atom is 0.352 e. The largest absolute Gasteiger partial charge is 0.477 e. The lowest BCUT2D eigenvalue weighted by Crippen LogP contribution is -2.32. The van der Waals surface area contributed by atoms with Gasteiger partial charge in [0.25, 0.3) is 0 Å². The topological polar surface area (TPSA) is 85.4 Å². The molecule has 0 bridgehead atoms. The number of H-pyrrole nitrogens is 1. The molecule has 3 aromatic rings. The molecule has 0 aliphatic rings. The highest BCUT2D eigenvalue weighted by atomic mass is 35.5. The molecule has 0 aliphatic carbocycles. The molecule has 6 heteroatoms. The second-order valence-corrected chi connectivity index (χ2v) is 6.93. The molecule has 0 aliphatic heterocycles. The molecule has 2 atom stereocenters. The summed E-state index contributed by atoms with van der Waals surface area (Å²) >= 11 is 5.96. The molecular formula is C20H21ClN2O3. The first-order chi connectivity index (χ1) is 12.4. The van der Waals surface area contributed by atoms with Crippen LogP contribution in [0.1, 0.15) is 34.6 Å². The number of rotatable bonds is 7. The molecule has 0 amide bonds. The molecule has 0 saturated heterocycles. The minimum Gasteiger partial charge on any atom is -0.477 e. The Kier molecular flexibility index (Phi) is 5.61. The van der Waals surface area contributed by atoms with Crippen molar-refractivity contribution in [1.29, 1.82) is 0 Å². The van der Waals surface area contributed by atoms with E-state index < -0.39 is 12.1 Å². The summed E-state index contributed by atoms with van der Waals surface area (Å²) in [5.74, 6) is -0.965. The summed E-state index contributed by atoms with van der Waals surface area (Å²) in [6, 6.07) is 14.9. The Bertz CT molecular complexity index is 922. The van der Waals surface area contributed by atoms with E-state index in [2.05, 4.69) is 17.2 Å². The lowest BCUT2D eigenvalue weighted by Gasteiger charge is -2.18. The molecule has 5 nitrogen and oxygen atoms in total. The first kappa shape index (κ1) is 18.5. The zero-order valence-corrected chi connectivity index (χ0v) is 15.1. The lowest BCUT2D eigenvalue weighted by molar-refractivity contribution is 0.0691. The first-order valence-electron chi connectivity index (χ1n) is 8.44. The van der Waals surface area contributed by atoms with Gasteiger partial charge in [0.1, 0.15) is 5.69 Å². The lowest BCUT2D eigenvalue weighted by atomic mass is 10.0. The van der Waals surface area contributed by atoms with Gasteiger partial charge in [0, 0.05) is 28.5 Å². The predicted molar refractivity (Wildman–Crippen MR) is 103 cm³/mol. The molecule has 136 valence electrons. The van der Waals surface area contributed by atoms with Gasteiger partial charge in [-0.05, 0) is 54.8 Å². The van der Waals surface area contributed by atoms with Crippen LogP contribution in [-0.4, -0.2) is 33.8 Å². The summed E-state index contributed by atoms with van der Waals surface area (Å²) in [4.78, 5) is 13.9. The number of aliphatic hydroxyl groups is 1. The van der Waals surface area contributed by atoms with Crippen molar-refractivity contribution in [1.82, 2.24) is 10.3 Å². The molecule has 26 heavy (non-hydrogen) atoms. The highest BCUT2D eigenvalue weighted by Gasteiger charge is 2.12. The van der Waals surface area contributed by atoms with E-state index in [1.165, 1.54) is 0 Å². The molecule has 0 fully saturated rings. The number of aromatic amines is 1. The number of hydrogen-bond donors (Lipinski definition) is 4. The zero-order chi connectivity index (χ0) is 18.7. The SMILES string of the molecule is C[C@H](Cc1ccc2[nH]c(C(=O)O)cc2c1)NC[C@@H](O)c1cccc(Cl)c1. The van der Waals surface area contributed by atoms with Crippen LogP contribution >= 0.6 is 11.6 Å². The monoisotopic (exact) mass is 372 g/mol. The Morgan fingerprint density at radius 1 is 1.23 bits per heavy atom. The maximum atomic E-state index is 11.0. The third kappa shape index (κ3) is 4.43. The fourth-order valence-corrected chi connectivity index (χ4v) is 3.19. The van der Waals surface area contributed by atoms with Gasteiger partial charge < -0.3 is 20.5 Å². The van der Waals surface area contributed by atoms with E-state index >= 15 is 0 Å². The van der Waals surface area contributed by atoms with Gasteiger partial charge in [-0.2, -0.15) is 0 Å². The normalized spacial score (nSPS) is 13.7. The second-order valence-electron chi connectivity index (χ2n) is 6.49. The number of hydrogen-bond acceptors (Lipinski definition) is 3. The van der Waals surface area contributed by atoms with E-state index in [9.17, 15) is 9.90 Å². The highest BCUT2D eigenvalue weighted by molar-refractivity contribution is 6.30. The molecule has 0 radical (unpaired) electrons. The molecular weight excluding hydrogens is 352 g/mol. The Morgan fingerprint density at radius 3 is 2.77 bits per heavy atom. The average molecular weight is 373 g/mol. The van der Waals surface area contributed by atoms with E-state index in [4.69, 9.17) is 16.7 Å². The summed E-state index contributed by atoms with van der Waals surface area (Å²) in [5, 5.41) is 24.1. The van der Waals surface area contributed by atoms with Crippen molar-refractivity contribution < 1.29 is 15.0 Å². The number of halogens is 1. The van der Waals surface area contributed by atoms with Crippen LogP contribution in [0.3, 0.4) is 0 Å². The van der Waals surface area contributed by atoms with Crippen LogP contribution in [0.25, 0.3) is 10.9 Å². The molecule has 0 saturated carbocycles. The van der Waals surface area contributed by atoms with Crippen LogP contribution in [0.4, 0.5) is 0 Å². The van der Waals surface area contributed by atoms with Crippen molar-refractivity contribution in [3.05, 3.63) is 70.4 Å². The number of aromatic carboxylic acids is 1. The molecule has 2 aromatic carbocycles. The summed E-state index contributed by atoms with van der Waals surface area (Å²) in [6.45, 7) is 2.48. The van der Waals surface area contributed by atoms with E-state index in [0.717, 1.165) is 28.5 Å². The molecule has 3 rings (SSSR count). The van der Waals surface area contributed by atoms with Gasteiger partial charge in [-0.1, -0.05) is 29.8 Å². The van der Waals surface area contributed by atoms with Crippen molar-refractivity contribution in [3.63, 3.8) is 0 Å². The van der Waals surface area contributed by atoms with Crippen molar-refractivity contribution in [2.24, 2.45) is 0 Å². The summed E-state index contributed by atoms with van der Waals surface area (Å²) in [6.07, 6.45) is 0.146. The number of carboxylic acids is 1. The standard InChI is InChI=1S/C20H21ClN2O3/c1-12(22-11-19(24)14-3-2-4-16(21)9-14)7-13-5-6-17-15(8-13)10-18(23-17)20(25)26/h2-6,8-10,12,19,22-24H,7,11H2,1H3,(H,25,26)/t12-,19-/m1/s1. The molecule has 0 unspecified atom stereocenters. The average Bonchev–Trinajstić information content (AvgIpc) is 3.03. The van der Waals surface area contributed by atoms with Crippen molar-refractivity contribution in [3.8, 4) is 0 Å². The molecule has 1 aromatic heterocycles. The summed E-state index contributed by atoms with van der Waals surface area (Å²) in [5.41, 5.74) is 2.88. The molecule has 0 spiro atoms. The Morgan fingerprint density at radius 2 is 2.04 bits per heavy atom. The molecule has 4 N–H and O–H groups in total. The Hall–Kier alpha value is -2.34. The smallest absolute Gasteiger partial charge is 0.352 e. The number of benzene rings is 2. The van der Waals surface area contributed by atoms with Gasteiger partial charge in [-0.15, -0.1) is 0 Å². The van der Waals surface area contributed by atoms with E-state index in [0.29, 0.717) is 11.6 Å². The van der Waals surface area contributed by atoms with Crippen LogP contribution in [0.5, 0.6) is 0 Å². The van der Waals surface area contributed by atoms with Crippen LogP contribution in [0.15, 0.2) is 48.5 Å². The number of carbonyl (C=O) groups is 1. The fraction of sp³-hybridized carbons (Fsp3) is 0.250. The van der Waals surface area contributed by atoms with Crippen molar-refractivity contribution >= 4 is 28.5 Å². The number of fused-ring (bicyclic) bond motifs is 1. The zero-order valence-electron chi connectivity index (χ0n) is 14.4. The third-order valence-corrected chi connectivity index (χ3v) is 4.59. The van der Waals surface area contributed by atoms with Gasteiger partial charge >= 0.3 is 5.97 Å². The minimum atomic E-state index is -0.965. The van der Waals surface area contributed by atoms with Gasteiger partial charge in [0.05, 0.1) is 6.10 Å². The highest BCUT2D eigenvalue weighted by Crippen LogP contribution is 2.19. The third-order valence-electron chi connectivity index (χ3n) is 4.35. The van der Waals surface area contributed by atoms with Crippen molar-refractivity contribution in [2.45, 2.75) is 25.5 Å². The van der Waals surface area contributed by atoms with E-state index in [1.807, 2.05) is 30.3 Å². The summed E-state index contributed by atoms with van der Waals surface area (Å²) in [7, 11) is 0. The van der Waals surface area contributed by atoms with Gasteiger partial charge in [-0.3, -0.25) is 0 Å². The fourth-order valence-electron chi connectivity index (χ4n) is 2.99. The minimum absolute atomic E-state index is 0.152. The van der Waals surface area contributed by atoms with Gasteiger partial charge in [0.2, 0.25) is 0 Å². The molecule has 1 heterocycles. The summed E-state index contributed by atoms with van der Waals surface area (Å²) < 4.78 is 0. The van der Waals surface area contributed by atoms with Gasteiger partial charge in [0.15, 0.2) is 0 Å². The Labute approximate surface area is 156 Å². The van der Waals surface area contributed by atoms with Crippen LogP contribution in [-0.2, 0) is 6.42 Å². The van der Waals surface area contributed by atoms with Crippen LogP contribution in [0.2, 0.25) is 5.02 Å². The van der Waals surface area contributed by atoms with Gasteiger partial charge in [-0.25, -0.2) is 4.79 Å². The first-order valence-corrected chi connectivity index (χ1v) is 8.82. The number of aromatic nitrogens is 1. The van der Waals surface area contributed by atoms with E-state index in [1.54, 1.807) is 18.2 Å². The van der Waals surface area contributed by atoms with Crippen molar-refractivity contribution in [2.75, 3.05) is 6.54 Å². The second kappa shape index (κ2) is 7.91. The number of carboxylic acid groups (broad SMARTS) is 1. The van der Waals surface area contributed by atoms with Crippen LogP contribution in [0, 0.1) is 0 Å². The maximum absolute atomic E-state index is 11.0. The Balaban J connectivity index is 1.59. The van der Waals surface area contributed by atoms with Crippen LogP contribution < -0.4 is 5.32 Å².